The van der Waals surface area contributed by atoms with Crippen LogP contribution in [0.2, 0.25) is 0 Å². The number of anilines is 1. The molecule has 1 heterocycles. The summed E-state index contributed by atoms with van der Waals surface area (Å²) >= 11 is 1.85. The number of hydrogen-bond donors (Lipinski definition) is 1. The van der Waals surface area contributed by atoms with Gasteiger partial charge < -0.3 is 15.0 Å². The third-order valence-corrected chi connectivity index (χ3v) is 4.45. The molecule has 0 bridgehead atoms. The van der Waals surface area contributed by atoms with Crippen molar-refractivity contribution in [2.24, 2.45) is 0 Å². The van der Waals surface area contributed by atoms with Gasteiger partial charge in [0, 0.05) is 49.3 Å². The summed E-state index contributed by atoms with van der Waals surface area (Å²) in [6, 6.07) is 4.73. The molecule has 1 fully saturated rings. The van der Waals surface area contributed by atoms with E-state index in [-0.39, 0.29) is 30.1 Å². The number of methoxy groups -OCH3 is 1. The van der Waals surface area contributed by atoms with E-state index in [0.717, 1.165) is 18.1 Å². The molecule has 1 unspecified atom stereocenters. The number of rotatable bonds is 4. The standard InChI is InChI=1S/C14H19FN2O2S.ClH/c1-17(11-3-4-13(19-2)12(15)8-11)14(18)7-10-9-20-6-5-16-10;/h3-4,8,10,16H,5-7,9H2,1-2H3;1H. The summed E-state index contributed by atoms with van der Waals surface area (Å²) in [6.07, 6.45) is 0.428. The van der Waals surface area contributed by atoms with Crippen LogP contribution in [-0.2, 0) is 4.79 Å². The quantitative estimate of drug-likeness (QED) is 0.917. The highest BCUT2D eigenvalue weighted by Crippen LogP contribution is 2.23. The first-order chi connectivity index (χ1) is 9.61. The zero-order valence-corrected chi connectivity index (χ0v) is 13.7. The van der Waals surface area contributed by atoms with Gasteiger partial charge in [-0.05, 0) is 12.1 Å². The van der Waals surface area contributed by atoms with Crippen LogP contribution in [0.1, 0.15) is 6.42 Å². The van der Waals surface area contributed by atoms with Crippen LogP contribution >= 0.6 is 24.2 Å². The largest absolute Gasteiger partial charge is 0.494 e. The second-order valence-electron chi connectivity index (χ2n) is 4.70. The second kappa shape index (κ2) is 8.46. The SMILES string of the molecule is COc1ccc(N(C)C(=O)CC2CSCCN2)cc1F.Cl. The summed E-state index contributed by atoms with van der Waals surface area (Å²) < 4.78 is 18.5. The average Bonchev–Trinajstić information content (AvgIpc) is 2.47. The molecule has 1 aliphatic rings. The Kier molecular flexibility index (Phi) is 7.28. The van der Waals surface area contributed by atoms with Gasteiger partial charge in [0.15, 0.2) is 11.6 Å². The van der Waals surface area contributed by atoms with Crippen LogP contribution in [0.25, 0.3) is 0 Å². The average molecular weight is 335 g/mol. The van der Waals surface area contributed by atoms with Gasteiger partial charge >= 0.3 is 0 Å². The van der Waals surface area contributed by atoms with Crippen LogP contribution in [0.15, 0.2) is 18.2 Å². The highest BCUT2D eigenvalue weighted by atomic mass is 35.5. The molecule has 1 N–H and O–H groups in total. The minimum Gasteiger partial charge on any atom is -0.494 e. The number of hydrogen-bond acceptors (Lipinski definition) is 4. The molecule has 1 aromatic carbocycles. The number of carbonyl (C=O) groups excluding carboxylic acids is 1. The number of nitrogens with one attached hydrogen (secondary N) is 1. The van der Waals surface area contributed by atoms with E-state index in [0.29, 0.717) is 12.1 Å². The molecule has 0 spiro atoms. The third kappa shape index (κ3) is 4.76. The maximum Gasteiger partial charge on any atom is 0.228 e. The third-order valence-electron chi connectivity index (χ3n) is 3.32. The van der Waals surface area contributed by atoms with Crippen molar-refractivity contribution in [3.63, 3.8) is 0 Å². The minimum atomic E-state index is -0.462. The van der Waals surface area contributed by atoms with Gasteiger partial charge in [0.05, 0.1) is 7.11 Å². The van der Waals surface area contributed by atoms with Gasteiger partial charge in [-0.15, -0.1) is 12.4 Å². The molecule has 0 aliphatic carbocycles. The van der Waals surface area contributed by atoms with Crippen molar-refractivity contribution in [3.8, 4) is 5.75 Å². The summed E-state index contributed by atoms with van der Waals surface area (Å²) in [4.78, 5) is 13.7. The molecule has 21 heavy (non-hydrogen) atoms. The van der Waals surface area contributed by atoms with E-state index in [1.807, 2.05) is 11.8 Å². The van der Waals surface area contributed by atoms with Crippen LogP contribution in [0.5, 0.6) is 5.75 Å². The molecule has 1 atom stereocenters. The lowest BCUT2D eigenvalue weighted by atomic mass is 10.2. The molecule has 1 aromatic rings. The first-order valence-electron chi connectivity index (χ1n) is 6.53. The number of nitrogens with zero attached hydrogens (tertiary/aromatic N) is 1. The molecule has 1 saturated heterocycles. The van der Waals surface area contributed by atoms with Crippen LogP contribution in [0.3, 0.4) is 0 Å². The number of thioether (sulfide) groups is 1. The smallest absolute Gasteiger partial charge is 0.228 e. The van der Waals surface area contributed by atoms with E-state index >= 15 is 0 Å². The van der Waals surface area contributed by atoms with Crippen LogP contribution in [0, 0.1) is 5.82 Å². The van der Waals surface area contributed by atoms with Gasteiger partial charge in [0.25, 0.3) is 0 Å². The maximum absolute atomic E-state index is 13.7. The first kappa shape index (κ1) is 18.1. The maximum atomic E-state index is 13.7. The summed E-state index contributed by atoms with van der Waals surface area (Å²) in [6.45, 7) is 0.934. The molecule has 1 amide bonds. The molecule has 0 saturated carbocycles. The lowest BCUT2D eigenvalue weighted by Crippen LogP contribution is -2.41. The topological polar surface area (TPSA) is 41.6 Å². The van der Waals surface area contributed by atoms with E-state index in [4.69, 9.17) is 4.74 Å². The molecular formula is C14H20ClFN2O2S. The highest BCUT2D eigenvalue weighted by molar-refractivity contribution is 7.99. The van der Waals surface area contributed by atoms with Crippen molar-refractivity contribution in [3.05, 3.63) is 24.0 Å². The normalized spacial score (nSPS) is 17.8. The first-order valence-corrected chi connectivity index (χ1v) is 7.68. The van der Waals surface area contributed by atoms with E-state index in [2.05, 4.69) is 5.32 Å². The predicted octanol–water partition coefficient (Wildman–Crippen LogP) is 2.31. The van der Waals surface area contributed by atoms with E-state index in [9.17, 15) is 9.18 Å². The number of halogens is 2. The Morgan fingerprint density at radius 1 is 1.57 bits per heavy atom. The molecule has 1 aliphatic heterocycles. The fourth-order valence-corrected chi connectivity index (χ4v) is 3.06. The lowest BCUT2D eigenvalue weighted by molar-refractivity contribution is -0.118. The minimum absolute atomic E-state index is 0. The Balaban J connectivity index is 0.00000220. The number of carbonyl (C=O) groups is 1. The van der Waals surface area contributed by atoms with E-state index in [1.165, 1.54) is 24.1 Å². The molecule has 0 aromatic heterocycles. The number of benzene rings is 1. The van der Waals surface area contributed by atoms with Crippen molar-refractivity contribution >= 4 is 35.8 Å². The predicted molar refractivity (Wildman–Crippen MR) is 87.3 cm³/mol. The summed E-state index contributed by atoms with van der Waals surface area (Å²) in [7, 11) is 3.08. The monoisotopic (exact) mass is 334 g/mol. The van der Waals surface area contributed by atoms with Crippen molar-refractivity contribution in [2.45, 2.75) is 12.5 Å². The lowest BCUT2D eigenvalue weighted by Gasteiger charge is -2.25. The van der Waals surface area contributed by atoms with Gasteiger partial charge in [-0.3, -0.25) is 4.79 Å². The van der Waals surface area contributed by atoms with Crippen molar-refractivity contribution < 1.29 is 13.9 Å². The van der Waals surface area contributed by atoms with Crippen molar-refractivity contribution in [1.82, 2.24) is 5.32 Å². The molecule has 0 radical (unpaired) electrons. The van der Waals surface area contributed by atoms with Crippen LogP contribution in [-0.4, -0.2) is 44.2 Å². The van der Waals surface area contributed by atoms with Gasteiger partial charge in [-0.25, -0.2) is 4.39 Å². The van der Waals surface area contributed by atoms with Gasteiger partial charge in [-0.2, -0.15) is 11.8 Å². The number of ether oxygens (including phenoxy) is 1. The Bertz CT molecular complexity index is 484. The zero-order valence-electron chi connectivity index (χ0n) is 12.1. The summed E-state index contributed by atoms with van der Waals surface area (Å²) in [5, 5.41) is 3.32. The van der Waals surface area contributed by atoms with Gasteiger partial charge in [-0.1, -0.05) is 0 Å². The highest BCUT2D eigenvalue weighted by Gasteiger charge is 2.20. The van der Waals surface area contributed by atoms with Crippen LogP contribution in [0.4, 0.5) is 10.1 Å². The molecule has 4 nitrogen and oxygen atoms in total. The Hall–Kier alpha value is -0.980. The van der Waals surface area contributed by atoms with Crippen molar-refractivity contribution in [2.75, 3.05) is 37.1 Å². The van der Waals surface area contributed by atoms with Gasteiger partial charge in [0.2, 0.25) is 5.91 Å². The van der Waals surface area contributed by atoms with Crippen LogP contribution < -0.4 is 15.0 Å². The Morgan fingerprint density at radius 2 is 2.33 bits per heavy atom. The van der Waals surface area contributed by atoms with Crippen molar-refractivity contribution in [1.29, 1.82) is 0 Å². The molecule has 118 valence electrons. The Labute approximate surface area is 134 Å². The zero-order chi connectivity index (χ0) is 14.5. The van der Waals surface area contributed by atoms with E-state index in [1.54, 1.807) is 13.1 Å². The molecular weight excluding hydrogens is 315 g/mol. The fraction of sp³-hybridized carbons (Fsp3) is 0.500. The molecule has 7 heteroatoms. The van der Waals surface area contributed by atoms with E-state index < -0.39 is 5.82 Å². The fourth-order valence-electron chi connectivity index (χ4n) is 2.11. The second-order valence-corrected chi connectivity index (χ2v) is 5.85. The molecule has 2 rings (SSSR count). The summed E-state index contributed by atoms with van der Waals surface area (Å²) in [5.41, 5.74) is 0.539. The number of amides is 1. The van der Waals surface area contributed by atoms with Gasteiger partial charge in [0.1, 0.15) is 0 Å². The summed E-state index contributed by atoms with van der Waals surface area (Å²) in [5.74, 6) is 1.73. The Morgan fingerprint density at radius 3 is 2.90 bits per heavy atom.